The second-order valence-electron chi connectivity index (χ2n) is 4.77. The summed E-state index contributed by atoms with van der Waals surface area (Å²) in [7, 11) is 0. The van der Waals surface area contributed by atoms with Crippen molar-refractivity contribution < 1.29 is 4.79 Å². The zero-order chi connectivity index (χ0) is 12.8. The summed E-state index contributed by atoms with van der Waals surface area (Å²) in [4.78, 5) is 10.0. The highest BCUT2D eigenvalue weighted by Gasteiger charge is 2.19. The fraction of sp³-hybridized carbons (Fsp3) is 0.778. The molecule has 0 bridgehead atoms. The number of nitrogens with zero attached hydrogens (tertiary/aromatic N) is 2. The van der Waals surface area contributed by atoms with E-state index in [0.29, 0.717) is 6.41 Å². The average molecular weight is 245 g/mol. The summed E-state index contributed by atoms with van der Waals surface area (Å²) in [6.07, 6.45) is 0.498. The van der Waals surface area contributed by atoms with E-state index in [1.54, 1.807) is 0 Å². The van der Waals surface area contributed by atoms with Crippen LogP contribution in [0.4, 0.5) is 0 Å². The Kier molecular flexibility index (Phi) is 5.29. The van der Waals surface area contributed by atoms with E-state index in [-0.39, 0.29) is 10.7 Å². The van der Waals surface area contributed by atoms with Crippen LogP contribution in [0.2, 0.25) is 0 Å². The number of hydrazine groups is 1. The first-order valence-corrected chi connectivity index (χ1v) is 5.28. The van der Waals surface area contributed by atoms with Gasteiger partial charge in [0, 0.05) is 0 Å². The van der Waals surface area contributed by atoms with E-state index in [2.05, 4.69) is 26.4 Å². The summed E-state index contributed by atoms with van der Waals surface area (Å²) in [6, 6.07) is 0. The average Bonchev–Trinajstić information content (AvgIpc) is 2.10. The maximum absolute atomic E-state index is 10.0. The molecule has 0 aromatic carbocycles. The molecule has 0 heterocycles. The van der Waals surface area contributed by atoms with Crippen LogP contribution in [-0.2, 0) is 4.79 Å². The fourth-order valence-electron chi connectivity index (χ4n) is 0.704. The number of amides is 1. The van der Waals surface area contributed by atoms with Crippen LogP contribution in [0.3, 0.4) is 0 Å². The van der Waals surface area contributed by atoms with Gasteiger partial charge in [0.25, 0.3) is 0 Å². The summed E-state index contributed by atoms with van der Waals surface area (Å²) in [6.45, 7) is 9.53. The van der Waals surface area contributed by atoms with Crippen molar-refractivity contribution in [2.24, 2.45) is 10.2 Å². The fourth-order valence-corrected chi connectivity index (χ4v) is 1.01. The first-order valence-electron chi connectivity index (χ1n) is 4.88. The Balaban J connectivity index is 4.29. The van der Waals surface area contributed by atoms with Crippen LogP contribution in [0.15, 0.2) is 10.2 Å². The van der Waals surface area contributed by atoms with E-state index in [4.69, 9.17) is 12.2 Å². The molecule has 0 atom stereocenters. The smallest absolute Gasteiger partial charge is 0.225 e. The van der Waals surface area contributed by atoms with Crippen molar-refractivity contribution in [2.45, 2.75) is 45.8 Å². The minimum absolute atomic E-state index is 0.227. The quantitative estimate of drug-likeness (QED) is 0.300. The van der Waals surface area contributed by atoms with Gasteiger partial charge in [-0.2, -0.15) is 10.2 Å². The van der Waals surface area contributed by atoms with Crippen LogP contribution >= 0.6 is 12.2 Å². The van der Waals surface area contributed by atoms with Crippen molar-refractivity contribution in [3.8, 4) is 0 Å². The van der Waals surface area contributed by atoms with Gasteiger partial charge in [-0.3, -0.25) is 15.6 Å². The van der Waals surface area contributed by atoms with E-state index in [0.717, 1.165) is 0 Å². The molecule has 0 aromatic heterocycles. The lowest BCUT2D eigenvalue weighted by Crippen LogP contribution is -2.50. The Morgan fingerprint density at radius 2 is 1.75 bits per heavy atom. The number of nitrogens with one attached hydrogen (secondary N) is 3. The monoisotopic (exact) mass is 245 g/mol. The van der Waals surface area contributed by atoms with Crippen molar-refractivity contribution in [2.75, 3.05) is 0 Å². The summed E-state index contributed by atoms with van der Waals surface area (Å²) >= 11 is 4.93. The molecular weight excluding hydrogens is 226 g/mol. The zero-order valence-corrected chi connectivity index (χ0v) is 11.1. The summed E-state index contributed by atoms with van der Waals surface area (Å²) in [5.41, 5.74) is 3.87. The normalized spacial score (nSPS) is 12.3. The molecule has 0 fully saturated rings. The lowest BCUT2D eigenvalue weighted by molar-refractivity contribution is -0.110. The first-order chi connectivity index (χ1) is 7.16. The maximum atomic E-state index is 10.0. The van der Waals surface area contributed by atoms with E-state index >= 15 is 0 Å². The van der Waals surface area contributed by atoms with Gasteiger partial charge in [-0.25, -0.2) is 0 Å². The molecule has 7 heteroatoms. The van der Waals surface area contributed by atoms with E-state index < -0.39 is 5.66 Å². The van der Waals surface area contributed by atoms with Gasteiger partial charge in [0.2, 0.25) is 6.41 Å². The van der Waals surface area contributed by atoms with Gasteiger partial charge < -0.3 is 5.32 Å². The predicted molar refractivity (Wildman–Crippen MR) is 66.8 cm³/mol. The molecule has 0 aliphatic rings. The second-order valence-corrected chi connectivity index (χ2v) is 5.18. The third-order valence-electron chi connectivity index (χ3n) is 1.26. The number of rotatable bonds is 4. The molecule has 92 valence electrons. The van der Waals surface area contributed by atoms with Crippen LogP contribution in [0.5, 0.6) is 0 Å². The molecule has 0 aliphatic carbocycles. The number of hydrogen-bond donors (Lipinski definition) is 3. The third kappa shape index (κ3) is 8.10. The molecule has 0 aliphatic heterocycles. The molecule has 0 aromatic rings. The lowest BCUT2D eigenvalue weighted by Gasteiger charge is -2.23. The van der Waals surface area contributed by atoms with E-state index in [1.807, 2.05) is 34.6 Å². The Hall–Kier alpha value is -1.24. The zero-order valence-electron chi connectivity index (χ0n) is 10.3. The van der Waals surface area contributed by atoms with Crippen molar-refractivity contribution in [1.82, 2.24) is 16.2 Å². The Morgan fingerprint density at radius 3 is 2.19 bits per heavy atom. The number of azo groups is 1. The number of carbonyl (C=O) groups excluding carboxylic acids is 1. The van der Waals surface area contributed by atoms with E-state index in [1.165, 1.54) is 0 Å². The molecule has 0 spiro atoms. The van der Waals surface area contributed by atoms with Gasteiger partial charge in [0.05, 0.1) is 5.54 Å². The molecule has 0 saturated carbocycles. The number of carbonyl (C=O) groups is 1. The van der Waals surface area contributed by atoms with Crippen molar-refractivity contribution in [3.05, 3.63) is 0 Å². The highest BCUT2D eigenvalue weighted by Crippen LogP contribution is 2.12. The summed E-state index contributed by atoms with van der Waals surface area (Å²) in [5, 5.41) is 11.5. The molecule has 0 unspecified atom stereocenters. The summed E-state index contributed by atoms with van der Waals surface area (Å²) < 4.78 is 0. The maximum Gasteiger partial charge on any atom is 0.225 e. The minimum Gasteiger partial charge on any atom is -0.336 e. The standard InChI is InChI=1S/C9H19N5OS/c1-8(2,3)13-14-9(4,5)11-7(16)12-10-6-15/h6H,1-5H3,(H,10,15)(H2,11,12,16)/b14-13+. The molecule has 6 nitrogen and oxygen atoms in total. The highest BCUT2D eigenvalue weighted by atomic mass is 32.1. The van der Waals surface area contributed by atoms with Crippen molar-refractivity contribution in [3.63, 3.8) is 0 Å². The molecule has 0 saturated heterocycles. The topological polar surface area (TPSA) is 77.9 Å². The van der Waals surface area contributed by atoms with Crippen LogP contribution in [0.1, 0.15) is 34.6 Å². The van der Waals surface area contributed by atoms with Crippen molar-refractivity contribution in [1.29, 1.82) is 0 Å². The van der Waals surface area contributed by atoms with E-state index in [9.17, 15) is 4.79 Å². The largest absolute Gasteiger partial charge is 0.336 e. The molecule has 0 rings (SSSR count). The van der Waals surface area contributed by atoms with Crippen molar-refractivity contribution >= 4 is 23.7 Å². The van der Waals surface area contributed by atoms with Gasteiger partial charge in [0.1, 0.15) is 5.66 Å². The highest BCUT2D eigenvalue weighted by molar-refractivity contribution is 7.80. The molecular formula is C9H19N5OS. The SMILES string of the molecule is CC(C)(C)/N=N/C(C)(C)NC(=S)NNC=O. The third-order valence-corrected chi connectivity index (χ3v) is 1.47. The predicted octanol–water partition coefficient (Wildman–Crippen LogP) is 1.10. The van der Waals surface area contributed by atoms with Gasteiger partial charge in [-0.05, 0) is 46.8 Å². The van der Waals surface area contributed by atoms with Crippen LogP contribution in [-0.4, -0.2) is 22.7 Å². The number of thiocarbonyl (C=S) groups is 1. The van der Waals surface area contributed by atoms with Gasteiger partial charge >= 0.3 is 0 Å². The summed E-state index contributed by atoms with van der Waals surface area (Å²) in [5.74, 6) is 0. The molecule has 16 heavy (non-hydrogen) atoms. The Bertz CT molecular complexity index is 282. The van der Waals surface area contributed by atoms with Crippen LogP contribution < -0.4 is 16.2 Å². The first kappa shape index (κ1) is 14.8. The Labute approximate surface area is 101 Å². The second kappa shape index (κ2) is 5.74. The van der Waals surface area contributed by atoms with Gasteiger partial charge in [-0.15, -0.1) is 0 Å². The molecule has 1 amide bonds. The van der Waals surface area contributed by atoms with Crippen LogP contribution in [0.25, 0.3) is 0 Å². The van der Waals surface area contributed by atoms with Gasteiger partial charge in [-0.1, -0.05) is 0 Å². The molecule has 0 radical (unpaired) electrons. The van der Waals surface area contributed by atoms with Gasteiger partial charge in [0.15, 0.2) is 5.11 Å². The number of hydrogen-bond acceptors (Lipinski definition) is 4. The lowest BCUT2D eigenvalue weighted by atomic mass is 10.1. The molecule has 3 N–H and O–H groups in total. The minimum atomic E-state index is -0.623. The Morgan fingerprint density at radius 1 is 1.19 bits per heavy atom. The van der Waals surface area contributed by atoms with Crippen LogP contribution in [0, 0.1) is 0 Å².